The first-order valence-corrected chi connectivity index (χ1v) is 12.5. The van der Waals surface area contributed by atoms with Crippen LogP contribution in [0.5, 0.6) is 5.75 Å². The summed E-state index contributed by atoms with van der Waals surface area (Å²) in [5.74, 6) is -4.64. The SMILES string of the molecule is CSCCC(NC(=O)C(CS)NC(=O)C(Cc1ccc(O)cc1)NC(=O)C(N)CC(=O)O)C(=O)O. The van der Waals surface area contributed by atoms with E-state index in [0.29, 0.717) is 11.3 Å². The molecule has 0 radical (unpaired) electrons. The van der Waals surface area contributed by atoms with Crippen molar-refractivity contribution in [3.63, 3.8) is 0 Å². The van der Waals surface area contributed by atoms with Gasteiger partial charge in [0.25, 0.3) is 0 Å². The number of hydrogen-bond acceptors (Lipinski definition) is 9. The van der Waals surface area contributed by atoms with E-state index in [1.165, 1.54) is 36.0 Å². The molecule has 35 heavy (non-hydrogen) atoms. The topological polar surface area (TPSA) is 208 Å². The molecule has 0 heterocycles. The third-order valence-corrected chi connectivity index (χ3v) is 5.79. The summed E-state index contributed by atoms with van der Waals surface area (Å²) in [4.78, 5) is 60.3. The molecule has 8 N–H and O–H groups in total. The third kappa shape index (κ3) is 10.9. The van der Waals surface area contributed by atoms with Crippen molar-refractivity contribution < 1.29 is 39.3 Å². The quantitative estimate of drug-likeness (QED) is 0.129. The van der Waals surface area contributed by atoms with Crippen LogP contribution in [0.4, 0.5) is 0 Å². The van der Waals surface area contributed by atoms with Crippen LogP contribution in [0.15, 0.2) is 24.3 Å². The number of carboxylic acids is 2. The molecule has 0 aromatic heterocycles. The fourth-order valence-electron chi connectivity index (χ4n) is 2.87. The Bertz CT molecular complexity index is 900. The van der Waals surface area contributed by atoms with Gasteiger partial charge in [0, 0.05) is 12.2 Å². The standard InChI is InChI=1S/C21H30N4O8S2/c1-35-7-6-14(21(32)33)23-20(31)16(10-34)25-19(30)15(8-11-2-4-12(26)5-3-11)24-18(29)13(22)9-17(27)28/h2-5,13-16,26,34H,6-10,22H2,1H3,(H,23,31)(H,24,29)(H,25,30)(H,27,28)(H,32,33). The maximum Gasteiger partial charge on any atom is 0.326 e. The number of nitrogens with two attached hydrogens (primary N) is 1. The summed E-state index contributed by atoms with van der Waals surface area (Å²) in [6.45, 7) is 0. The Kier molecular flexibility index (Phi) is 13.0. The van der Waals surface area contributed by atoms with Gasteiger partial charge in [-0.05, 0) is 36.1 Å². The average molecular weight is 531 g/mol. The molecule has 0 aliphatic heterocycles. The monoisotopic (exact) mass is 530 g/mol. The average Bonchev–Trinajstić information content (AvgIpc) is 2.79. The van der Waals surface area contributed by atoms with Gasteiger partial charge >= 0.3 is 11.9 Å². The number of phenolic OH excluding ortho intramolecular Hbond substituents is 1. The van der Waals surface area contributed by atoms with Crippen molar-refractivity contribution in [2.24, 2.45) is 5.73 Å². The Morgan fingerprint density at radius 3 is 2.00 bits per heavy atom. The van der Waals surface area contributed by atoms with Crippen LogP contribution in [-0.4, -0.2) is 86.9 Å². The summed E-state index contributed by atoms with van der Waals surface area (Å²) in [6.07, 6.45) is 1.25. The van der Waals surface area contributed by atoms with E-state index in [0.717, 1.165) is 0 Å². The van der Waals surface area contributed by atoms with Crippen LogP contribution in [0.2, 0.25) is 0 Å². The summed E-state index contributed by atoms with van der Waals surface area (Å²) in [7, 11) is 0. The molecule has 0 fully saturated rings. The second kappa shape index (κ2) is 15.1. The molecule has 0 bridgehead atoms. The lowest BCUT2D eigenvalue weighted by atomic mass is 10.0. The first-order valence-electron chi connectivity index (χ1n) is 10.5. The van der Waals surface area contributed by atoms with Gasteiger partial charge < -0.3 is 37.0 Å². The van der Waals surface area contributed by atoms with Crippen molar-refractivity contribution in [2.45, 2.75) is 43.4 Å². The molecule has 14 heteroatoms. The van der Waals surface area contributed by atoms with E-state index >= 15 is 0 Å². The van der Waals surface area contributed by atoms with Crippen LogP contribution < -0.4 is 21.7 Å². The molecule has 4 unspecified atom stereocenters. The van der Waals surface area contributed by atoms with Crippen molar-refractivity contribution in [1.29, 1.82) is 0 Å². The smallest absolute Gasteiger partial charge is 0.326 e. The first kappa shape index (κ1) is 30.1. The lowest BCUT2D eigenvalue weighted by Gasteiger charge is -2.24. The van der Waals surface area contributed by atoms with Gasteiger partial charge in [-0.15, -0.1) is 0 Å². The highest BCUT2D eigenvalue weighted by molar-refractivity contribution is 7.98. The molecule has 4 atom stereocenters. The van der Waals surface area contributed by atoms with Gasteiger partial charge in [0.05, 0.1) is 12.5 Å². The van der Waals surface area contributed by atoms with E-state index in [9.17, 15) is 34.2 Å². The highest BCUT2D eigenvalue weighted by Crippen LogP contribution is 2.12. The predicted molar refractivity (Wildman–Crippen MR) is 132 cm³/mol. The molecule has 194 valence electrons. The number of amides is 3. The number of benzene rings is 1. The van der Waals surface area contributed by atoms with E-state index in [4.69, 9.17) is 10.8 Å². The van der Waals surface area contributed by atoms with Crippen molar-refractivity contribution >= 4 is 54.1 Å². The Labute approximate surface area is 211 Å². The second-order valence-electron chi connectivity index (χ2n) is 7.56. The number of nitrogens with one attached hydrogen (secondary N) is 3. The second-order valence-corrected chi connectivity index (χ2v) is 8.91. The van der Waals surface area contributed by atoms with Crippen LogP contribution in [-0.2, 0) is 30.4 Å². The predicted octanol–water partition coefficient (Wildman–Crippen LogP) is -1.04. The highest BCUT2D eigenvalue weighted by atomic mass is 32.2. The minimum Gasteiger partial charge on any atom is -0.508 e. The minimum absolute atomic E-state index is 0.0106. The Hall–Kier alpha value is -2.97. The van der Waals surface area contributed by atoms with Gasteiger partial charge in [0.2, 0.25) is 17.7 Å². The van der Waals surface area contributed by atoms with Crippen LogP contribution >= 0.6 is 24.4 Å². The summed E-state index contributed by atoms with van der Waals surface area (Å²) in [5, 5.41) is 34.8. The van der Waals surface area contributed by atoms with Gasteiger partial charge in [0.15, 0.2) is 0 Å². The molecule has 12 nitrogen and oxygen atoms in total. The van der Waals surface area contributed by atoms with Gasteiger partial charge in [-0.2, -0.15) is 24.4 Å². The number of hydrogen-bond donors (Lipinski definition) is 8. The summed E-state index contributed by atoms with van der Waals surface area (Å²) < 4.78 is 0. The van der Waals surface area contributed by atoms with Crippen molar-refractivity contribution in [1.82, 2.24) is 16.0 Å². The number of carboxylic acid groups (broad SMARTS) is 2. The molecule has 1 rings (SSSR count). The molecule has 0 aliphatic rings. The zero-order valence-corrected chi connectivity index (χ0v) is 20.7. The minimum atomic E-state index is -1.42. The number of carbonyl (C=O) groups is 5. The van der Waals surface area contributed by atoms with E-state index < -0.39 is 60.2 Å². The van der Waals surface area contributed by atoms with Crippen LogP contribution in [0.3, 0.4) is 0 Å². The lowest BCUT2D eigenvalue weighted by molar-refractivity contribution is -0.142. The molecule has 0 saturated heterocycles. The number of phenols is 1. The summed E-state index contributed by atoms with van der Waals surface area (Å²) >= 11 is 5.48. The van der Waals surface area contributed by atoms with Gasteiger partial charge in [-0.1, -0.05) is 12.1 Å². The number of rotatable bonds is 15. The molecule has 1 aromatic rings. The largest absolute Gasteiger partial charge is 0.508 e. The van der Waals surface area contributed by atoms with Crippen molar-refractivity contribution in [3.8, 4) is 5.75 Å². The molecular formula is C21H30N4O8S2. The fraction of sp³-hybridized carbons (Fsp3) is 0.476. The van der Waals surface area contributed by atoms with Crippen molar-refractivity contribution in [2.75, 3.05) is 17.8 Å². The maximum atomic E-state index is 13.0. The number of aromatic hydroxyl groups is 1. The fourth-order valence-corrected chi connectivity index (χ4v) is 3.60. The van der Waals surface area contributed by atoms with E-state index in [1.54, 1.807) is 6.26 Å². The first-order chi connectivity index (χ1) is 16.5. The molecule has 3 amide bonds. The highest BCUT2D eigenvalue weighted by Gasteiger charge is 2.30. The molecule has 0 spiro atoms. The lowest BCUT2D eigenvalue weighted by Crippen LogP contribution is -2.58. The number of aliphatic carboxylic acids is 2. The number of thioether (sulfide) groups is 1. The van der Waals surface area contributed by atoms with Crippen LogP contribution in [0.25, 0.3) is 0 Å². The van der Waals surface area contributed by atoms with Gasteiger partial charge in [-0.25, -0.2) is 4.79 Å². The zero-order chi connectivity index (χ0) is 26.5. The molecule has 0 aliphatic carbocycles. The number of thiol groups is 1. The van der Waals surface area contributed by atoms with Crippen molar-refractivity contribution in [3.05, 3.63) is 29.8 Å². The van der Waals surface area contributed by atoms with Crippen LogP contribution in [0.1, 0.15) is 18.4 Å². The summed E-state index contributed by atoms with van der Waals surface area (Å²) in [6, 6.07) is 0.758. The Morgan fingerprint density at radius 1 is 0.943 bits per heavy atom. The number of carbonyl (C=O) groups excluding carboxylic acids is 3. The Morgan fingerprint density at radius 2 is 1.49 bits per heavy atom. The Balaban J connectivity index is 3.00. The van der Waals surface area contributed by atoms with Gasteiger partial charge in [-0.3, -0.25) is 19.2 Å². The zero-order valence-electron chi connectivity index (χ0n) is 19.0. The molecule has 1 aromatic carbocycles. The summed E-state index contributed by atoms with van der Waals surface area (Å²) in [5.41, 5.74) is 6.13. The third-order valence-electron chi connectivity index (χ3n) is 4.78. The van der Waals surface area contributed by atoms with E-state index in [2.05, 4.69) is 28.6 Å². The molecule has 0 saturated carbocycles. The normalized spacial score (nSPS) is 14.1. The van der Waals surface area contributed by atoms with Crippen LogP contribution in [0, 0.1) is 0 Å². The van der Waals surface area contributed by atoms with E-state index in [1.807, 2.05) is 0 Å². The molecular weight excluding hydrogens is 500 g/mol. The van der Waals surface area contributed by atoms with E-state index in [-0.39, 0.29) is 24.3 Å². The maximum absolute atomic E-state index is 13.0. The van der Waals surface area contributed by atoms with Gasteiger partial charge in [0.1, 0.15) is 23.9 Å².